The van der Waals surface area contributed by atoms with Crippen LogP contribution in [0.25, 0.3) is 0 Å². The quantitative estimate of drug-likeness (QED) is 0.381. The third-order valence-corrected chi connectivity index (χ3v) is 3.70. The average Bonchev–Trinajstić information content (AvgIpc) is 2.23. The molecule has 1 amide bonds. The van der Waals surface area contributed by atoms with E-state index in [2.05, 4.69) is 17.9 Å². The van der Waals surface area contributed by atoms with Gasteiger partial charge in [-0.3, -0.25) is 9.35 Å². The summed E-state index contributed by atoms with van der Waals surface area (Å²) in [6.45, 7) is 3.09. The smallest absolute Gasteiger partial charge is 0.296 e. The second-order valence-corrected chi connectivity index (χ2v) is 5.52. The fourth-order valence-electron chi connectivity index (χ4n) is 1.52. The van der Waals surface area contributed by atoms with Gasteiger partial charge >= 0.3 is 0 Å². The molecule has 6 nitrogen and oxygen atoms in total. The Bertz CT molecular complexity index is 596. The van der Waals surface area contributed by atoms with Crippen LogP contribution >= 0.6 is 12.6 Å². The number of aryl methyl sites for hydroxylation is 1. The first-order chi connectivity index (χ1) is 8.18. The summed E-state index contributed by atoms with van der Waals surface area (Å²) in [5.41, 5.74) is 6.29. The first kappa shape index (κ1) is 14.8. The van der Waals surface area contributed by atoms with Gasteiger partial charge in [0.1, 0.15) is 4.90 Å². The lowest BCUT2D eigenvalue weighted by Crippen LogP contribution is -2.12. The first-order valence-corrected chi connectivity index (χ1v) is 6.96. The van der Waals surface area contributed by atoms with Crippen LogP contribution in [0.2, 0.25) is 0 Å². The highest BCUT2D eigenvalue weighted by Crippen LogP contribution is 2.35. The monoisotopic (exact) mass is 290 g/mol. The van der Waals surface area contributed by atoms with Crippen LogP contribution in [0.3, 0.4) is 0 Å². The second-order valence-electron chi connectivity index (χ2n) is 3.68. The maximum atomic E-state index is 11.2. The second kappa shape index (κ2) is 5.17. The minimum Gasteiger partial charge on any atom is -0.397 e. The molecule has 0 fully saturated rings. The molecule has 100 valence electrons. The first-order valence-electron chi connectivity index (χ1n) is 5.07. The predicted octanol–water partition coefficient (Wildman–Crippen LogP) is 1.32. The van der Waals surface area contributed by atoms with Crippen molar-refractivity contribution in [2.24, 2.45) is 0 Å². The van der Waals surface area contributed by atoms with Gasteiger partial charge in [-0.05, 0) is 18.1 Å². The highest BCUT2D eigenvalue weighted by Gasteiger charge is 2.21. The van der Waals surface area contributed by atoms with E-state index in [-0.39, 0.29) is 16.5 Å². The molecule has 18 heavy (non-hydrogen) atoms. The summed E-state index contributed by atoms with van der Waals surface area (Å²) in [6, 6.07) is 1.23. The lowest BCUT2D eigenvalue weighted by Gasteiger charge is -2.15. The molecule has 0 aliphatic heterocycles. The molecule has 0 spiro atoms. The third kappa shape index (κ3) is 2.95. The average molecular weight is 290 g/mol. The molecule has 0 bridgehead atoms. The zero-order chi connectivity index (χ0) is 14.1. The lowest BCUT2D eigenvalue weighted by molar-refractivity contribution is -0.114. The molecular weight excluding hydrogens is 276 g/mol. The Hall–Kier alpha value is -1.25. The van der Waals surface area contributed by atoms with Gasteiger partial charge in [-0.1, -0.05) is 6.92 Å². The van der Waals surface area contributed by atoms with Crippen molar-refractivity contribution in [2.45, 2.75) is 30.1 Å². The largest absolute Gasteiger partial charge is 0.397 e. The number of rotatable bonds is 3. The molecule has 0 saturated carbocycles. The van der Waals surface area contributed by atoms with Crippen LogP contribution in [-0.4, -0.2) is 18.9 Å². The van der Waals surface area contributed by atoms with Crippen molar-refractivity contribution in [3.8, 4) is 0 Å². The van der Waals surface area contributed by atoms with E-state index in [0.717, 1.165) is 0 Å². The molecule has 0 saturated heterocycles. The van der Waals surface area contributed by atoms with E-state index in [1.54, 1.807) is 6.92 Å². The molecule has 8 heteroatoms. The summed E-state index contributed by atoms with van der Waals surface area (Å²) in [7, 11) is -4.42. The van der Waals surface area contributed by atoms with Crippen LogP contribution < -0.4 is 11.1 Å². The van der Waals surface area contributed by atoms with Gasteiger partial charge in [0.05, 0.1) is 16.3 Å². The van der Waals surface area contributed by atoms with E-state index in [4.69, 9.17) is 10.3 Å². The predicted molar refractivity (Wildman–Crippen MR) is 71.6 cm³/mol. The number of hydrogen-bond donors (Lipinski definition) is 4. The molecule has 0 atom stereocenters. The number of anilines is 2. The maximum Gasteiger partial charge on any atom is 0.296 e. The Morgan fingerprint density at radius 3 is 2.50 bits per heavy atom. The van der Waals surface area contributed by atoms with Crippen molar-refractivity contribution >= 4 is 40.0 Å². The zero-order valence-corrected chi connectivity index (χ0v) is 11.6. The van der Waals surface area contributed by atoms with Crippen molar-refractivity contribution in [3.63, 3.8) is 0 Å². The SMILES string of the molecule is CCc1cc(S(=O)(=O)O)c(N)c(S)c1NC(C)=O. The van der Waals surface area contributed by atoms with E-state index in [9.17, 15) is 13.2 Å². The summed E-state index contributed by atoms with van der Waals surface area (Å²) in [5, 5.41) is 2.54. The van der Waals surface area contributed by atoms with Gasteiger partial charge in [0.15, 0.2) is 0 Å². The Morgan fingerprint density at radius 1 is 1.56 bits per heavy atom. The van der Waals surface area contributed by atoms with Crippen molar-refractivity contribution in [1.82, 2.24) is 0 Å². The fourth-order valence-corrected chi connectivity index (χ4v) is 2.59. The van der Waals surface area contributed by atoms with Crippen LogP contribution in [-0.2, 0) is 21.3 Å². The highest BCUT2D eigenvalue weighted by atomic mass is 32.2. The molecule has 1 aromatic carbocycles. The topological polar surface area (TPSA) is 109 Å². The number of hydrogen-bond acceptors (Lipinski definition) is 5. The summed E-state index contributed by atoms with van der Waals surface area (Å²) in [4.78, 5) is 10.8. The van der Waals surface area contributed by atoms with E-state index < -0.39 is 15.0 Å². The minimum absolute atomic E-state index is 0.122. The number of benzene rings is 1. The number of amides is 1. The van der Waals surface area contributed by atoms with Crippen molar-refractivity contribution < 1.29 is 17.8 Å². The lowest BCUT2D eigenvalue weighted by atomic mass is 10.1. The van der Waals surface area contributed by atoms with Crippen molar-refractivity contribution in [3.05, 3.63) is 11.6 Å². The van der Waals surface area contributed by atoms with Gasteiger partial charge in [0, 0.05) is 6.92 Å². The summed E-state index contributed by atoms with van der Waals surface area (Å²) >= 11 is 4.10. The number of nitrogens with two attached hydrogens (primary N) is 1. The molecule has 0 aromatic heterocycles. The molecule has 1 rings (SSSR count). The minimum atomic E-state index is -4.42. The van der Waals surface area contributed by atoms with Gasteiger partial charge in [-0.2, -0.15) is 8.42 Å². The molecular formula is C10H14N2O4S2. The zero-order valence-electron chi connectivity index (χ0n) is 9.89. The Morgan fingerprint density at radius 2 is 2.11 bits per heavy atom. The molecule has 0 unspecified atom stereocenters. The fraction of sp³-hybridized carbons (Fsp3) is 0.300. The Labute approximate surface area is 111 Å². The van der Waals surface area contributed by atoms with Crippen molar-refractivity contribution in [1.29, 1.82) is 0 Å². The summed E-state index contributed by atoms with van der Waals surface area (Å²) in [5.74, 6) is -0.320. The van der Waals surface area contributed by atoms with Crippen molar-refractivity contribution in [2.75, 3.05) is 11.1 Å². The van der Waals surface area contributed by atoms with Gasteiger partial charge in [-0.25, -0.2) is 0 Å². The third-order valence-electron chi connectivity index (χ3n) is 2.34. The van der Waals surface area contributed by atoms with Crippen LogP contribution in [0.1, 0.15) is 19.4 Å². The van der Waals surface area contributed by atoms with Gasteiger partial charge in [-0.15, -0.1) is 12.6 Å². The normalized spacial score (nSPS) is 11.3. The number of nitrogens with one attached hydrogen (secondary N) is 1. The van der Waals surface area contributed by atoms with E-state index >= 15 is 0 Å². The Kier molecular flexibility index (Phi) is 4.25. The highest BCUT2D eigenvalue weighted by molar-refractivity contribution is 7.86. The molecule has 4 N–H and O–H groups in total. The molecule has 0 heterocycles. The molecule has 0 aliphatic carbocycles. The van der Waals surface area contributed by atoms with Gasteiger partial charge in [0.25, 0.3) is 10.1 Å². The number of thiol groups is 1. The van der Waals surface area contributed by atoms with E-state index in [1.165, 1.54) is 13.0 Å². The van der Waals surface area contributed by atoms with Gasteiger partial charge in [0.2, 0.25) is 5.91 Å². The molecule has 0 aliphatic rings. The van der Waals surface area contributed by atoms with Crippen LogP contribution in [0.4, 0.5) is 11.4 Å². The summed E-state index contributed by atoms with van der Waals surface area (Å²) < 4.78 is 31.4. The maximum absolute atomic E-state index is 11.2. The van der Waals surface area contributed by atoms with Crippen LogP contribution in [0.5, 0.6) is 0 Å². The van der Waals surface area contributed by atoms with Crippen LogP contribution in [0.15, 0.2) is 15.9 Å². The Balaban J connectivity index is 3.59. The molecule has 1 aromatic rings. The van der Waals surface area contributed by atoms with E-state index in [1.807, 2.05) is 0 Å². The van der Waals surface area contributed by atoms with E-state index in [0.29, 0.717) is 17.7 Å². The molecule has 0 radical (unpaired) electrons. The number of carbonyl (C=O) groups excluding carboxylic acids is 1. The van der Waals surface area contributed by atoms with Gasteiger partial charge < -0.3 is 11.1 Å². The number of carbonyl (C=O) groups is 1. The van der Waals surface area contributed by atoms with Crippen LogP contribution in [0, 0.1) is 0 Å². The number of nitrogen functional groups attached to an aromatic ring is 1. The summed E-state index contributed by atoms with van der Waals surface area (Å²) in [6.07, 6.45) is 0.450. The standard InChI is InChI=1S/C10H14N2O4S2/c1-3-6-4-7(18(14,15)16)8(11)10(17)9(6)12-5(2)13/h4,17H,3,11H2,1-2H3,(H,12,13)(H,14,15,16).